The molecule has 3 aromatic rings. The maximum absolute atomic E-state index is 5.29. The molecule has 3 heterocycles. The SMILES string of the molecule is COC(C)c1cccc(-n2ncc3cnccc32)n1. The van der Waals surface area contributed by atoms with Crippen molar-refractivity contribution in [1.29, 1.82) is 0 Å². The molecular weight excluding hydrogens is 240 g/mol. The Labute approximate surface area is 110 Å². The fraction of sp³-hybridized carbons (Fsp3) is 0.214. The first-order chi connectivity index (χ1) is 9.29. The van der Waals surface area contributed by atoms with Gasteiger partial charge in [-0.05, 0) is 25.1 Å². The minimum atomic E-state index is -0.0385. The number of fused-ring (bicyclic) bond motifs is 1. The molecule has 0 aliphatic carbocycles. The normalized spacial score (nSPS) is 12.7. The second-order valence-electron chi connectivity index (χ2n) is 4.29. The second-order valence-corrected chi connectivity index (χ2v) is 4.29. The minimum Gasteiger partial charge on any atom is -0.375 e. The zero-order chi connectivity index (χ0) is 13.2. The van der Waals surface area contributed by atoms with Crippen molar-refractivity contribution in [2.45, 2.75) is 13.0 Å². The molecule has 0 amide bonds. The van der Waals surface area contributed by atoms with Gasteiger partial charge < -0.3 is 4.74 Å². The zero-order valence-electron chi connectivity index (χ0n) is 10.8. The van der Waals surface area contributed by atoms with Gasteiger partial charge in [0.1, 0.15) is 0 Å². The first-order valence-corrected chi connectivity index (χ1v) is 6.07. The minimum absolute atomic E-state index is 0.0385. The van der Waals surface area contributed by atoms with Crippen molar-refractivity contribution >= 4 is 10.9 Å². The van der Waals surface area contributed by atoms with Crippen molar-refractivity contribution in [2.75, 3.05) is 7.11 Å². The number of rotatable bonds is 3. The molecule has 0 saturated carbocycles. The molecule has 0 saturated heterocycles. The van der Waals surface area contributed by atoms with Gasteiger partial charge in [-0.1, -0.05) is 6.07 Å². The molecule has 3 aromatic heterocycles. The first-order valence-electron chi connectivity index (χ1n) is 6.07. The number of aromatic nitrogens is 4. The van der Waals surface area contributed by atoms with Gasteiger partial charge in [-0.25, -0.2) is 9.67 Å². The topological polar surface area (TPSA) is 52.8 Å². The summed E-state index contributed by atoms with van der Waals surface area (Å²) in [6, 6.07) is 7.77. The van der Waals surface area contributed by atoms with Crippen LogP contribution in [-0.2, 0) is 4.74 Å². The van der Waals surface area contributed by atoms with E-state index >= 15 is 0 Å². The molecule has 5 heteroatoms. The van der Waals surface area contributed by atoms with Crippen LogP contribution in [0.25, 0.3) is 16.7 Å². The molecule has 0 aromatic carbocycles. The summed E-state index contributed by atoms with van der Waals surface area (Å²) in [7, 11) is 1.67. The Balaban J connectivity index is 2.11. The summed E-state index contributed by atoms with van der Waals surface area (Å²) in [5.74, 6) is 0.780. The molecule has 0 aliphatic rings. The predicted octanol–water partition coefficient (Wildman–Crippen LogP) is 2.52. The Bertz CT molecular complexity index is 707. The lowest BCUT2D eigenvalue weighted by molar-refractivity contribution is 0.116. The Morgan fingerprint density at radius 1 is 1.21 bits per heavy atom. The van der Waals surface area contributed by atoms with Crippen molar-refractivity contribution in [2.24, 2.45) is 0 Å². The highest BCUT2D eigenvalue weighted by atomic mass is 16.5. The molecule has 0 bridgehead atoms. The van der Waals surface area contributed by atoms with E-state index in [1.807, 2.05) is 35.9 Å². The van der Waals surface area contributed by atoms with E-state index in [1.54, 1.807) is 25.7 Å². The van der Waals surface area contributed by atoms with Gasteiger partial charge in [-0.2, -0.15) is 5.10 Å². The number of hydrogen-bond donors (Lipinski definition) is 0. The molecule has 19 heavy (non-hydrogen) atoms. The largest absolute Gasteiger partial charge is 0.375 e. The molecule has 1 unspecified atom stereocenters. The maximum atomic E-state index is 5.29. The second kappa shape index (κ2) is 4.78. The highest BCUT2D eigenvalue weighted by Crippen LogP contribution is 2.18. The Morgan fingerprint density at radius 2 is 2.11 bits per heavy atom. The molecule has 0 aliphatic heterocycles. The standard InChI is InChI=1S/C14H14N4O/c1-10(19-2)12-4-3-5-14(17-12)18-13-6-7-15-8-11(13)9-16-18/h3-10H,1-2H3. The van der Waals surface area contributed by atoms with Crippen LogP contribution in [-0.4, -0.2) is 26.9 Å². The lowest BCUT2D eigenvalue weighted by atomic mass is 10.2. The molecule has 3 rings (SSSR count). The molecule has 1 atom stereocenters. The van der Waals surface area contributed by atoms with Crippen molar-refractivity contribution in [3.63, 3.8) is 0 Å². The zero-order valence-corrected chi connectivity index (χ0v) is 10.8. The number of pyridine rings is 2. The molecule has 0 fully saturated rings. The highest BCUT2D eigenvalue weighted by molar-refractivity contribution is 5.78. The van der Waals surface area contributed by atoms with Crippen LogP contribution in [0.15, 0.2) is 42.9 Å². The molecule has 0 N–H and O–H groups in total. The van der Waals surface area contributed by atoms with Gasteiger partial charge in [0, 0.05) is 24.9 Å². The van der Waals surface area contributed by atoms with Gasteiger partial charge in [-0.15, -0.1) is 0 Å². The predicted molar refractivity (Wildman–Crippen MR) is 72.1 cm³/mol. The van der Waals surface area contributed by atoms with Crippen LogP contribution in [0, 0.1) is 0 Å². The summed E-state index contributed by atoms with van der Waals surface area (Å²) >= 11 is 0. The van der Waals surface area contributed by atoms with Gasteiger partial charge in [0.05, 0.1) is 23.5 Å². The van der Waals surface area contributed by atoms with Crippen LogP contribution in [0.4, 0.5) is 0 Å². The van der Waals surface area contributed by atoms with E-state index in [2.05, 4.69) is 15.1 Å². The van der Waals surface area contributed by atoms with Gasteiger partial charge in [0.2, 0.25) is 0 Å². The van der Waals surface area contributed by atoms with Crippen molar-refractivity contribution in [3.05, 3.63) is 48.5 Å². The highest BCUT2D eigenvalue weighted by Gasteiger charge is 2.09. The van der Waals surface area contributed by atoms with Gasteiger partial charge in [0.25, 0.3) is 0 Å². The summed E-state index contributed by atoms with van der Waals surface area (Å²) in [5.41, 5.74) is 1.88. The van der Waals surface area contributed by atoms with E-state index in [1.165, 1.54) is 0 Å². The van der Waals surface area contributed by atoms with Crippen LogP contribution < -0.4 is 0 Å². The fourth-order valence-corrected chi connectivity index (χ4v) is 1.96. The Hall–Kier alpha value is -2.27. The van der Waals surface area contributed by atoms with Gasteiger partial charge in [0.15, 0.2) is 5.82 Å². The summed E-state index contributed by atoms with van der Waals surface area (Å²) in [5, 5.41) is 5.36. The molecule has 0 spiro atoms. The van der Waals surface area contributed by atoms with Gasteiger partial charge in [-0.3, -0.25) is 4.98 Å². The summed E-state index contributed by atoms with van der Waals surface area (Å²) in [6.45, 7) is 1.97. The first kappa shape index (κ1) is 11.8. The fourth-order valence-electron chi connectivity index (χ4n) is 1.96. The lowest BCUT2D eigenvalue weighted by Gasteiger charge is -2.10. The van der Waals surface area contributed by atoms with Gasteiger partial charge >= 0.3 is 0 Å². The molecule has 0 radical (unpaired) electrons. The monoisotopic (exact) mass is 254 g/mol. The van der Waals surface area contributed by atoms with E-state index < -0.39 is 0 Å². The van der Waals surface area contributed by atoms with E-state index in [4.69, 9.17) is 4.74 Å². The quantitative estimate of drug-likeness (QED) is 0.720. The van der Waals surface area contributed by atoms with Crippen molar-refractivity contribution in [3.8, 4) is 5.82 Å². The van der Waals surface area contributed by atoms with E-state index in [9.17, 15) is 0 Å². The van der Waals surface area contributed by atoms with E-state index in [0.29, 0.717) is 0 Å². The summed E-state index contributed by atoms with van der Waals surface area (Å²) in [4.78, 5) is 8.68. The molecular formula is C14H14N4O. The smallest absolute Gasteiger partial charge is 0.154 e. The third-order valence-corrected chi connectivity index (χ3v) is 3.11. The van der Waals surface area contributed by atoms with Crippen LogP contribution in [0.2, 0.25) is 0 Å². The number of hydrogen-bond acceptors (Lipinski definition) is 4. The number of ether oxygens (including phenoxy) is 1. The van der Waals surface area contributed by atoms with Crippen LogP contribution in [0.1, 0.15) is 18.7 Å². The molecule has 5 nitrogen and oxygen atoms in total. The van der Waals surface area contributed by atoms with Crippen LogP contribution in [0.5, 0.6) is 0 Å². The van der Waals surface area contributed by atoms with E-state index in [-0.39, 0.29) is 6.10 Å². The Kier molecular flexibility index (Phi) is 2.97. The average Bonchev–Trinajstić information content (AvgIpc) is 2.90. The molecule has 96 valence electrons. The van der Waals surface area contributed by atoms with Crippen LogP contribution >= 0.6 is 0 Å². The number of nitrogens with zero attached hydrogens (tertiary/aromatic N) is 4. The summed E-state index contributed by atoms with van der Waals surface area (Å²) < 4.78 is 7.10. The van der Waals surface area contributed by atoms with Crippen LogP contribution in [0.3, 0.4) is 0 Å². The Morgan fingerprint density at radius 3 is 2.95 bits per heavy atom. The third kappa shape index (κ3) is 2.08. The number of methoxy groups -OCH3 is 1. The van der Waals surface area contributed by atoms with Crippen molar-refractivity contribution in [1.82, 2.24) is 19.7 Å². The van der Waals surface area contributed by atoms with Crippen molar-refractivity contribution < 1.29 is 4.74 Å². The third-order valence-electron chi connectivity index (χ3n) is 3.11. The average molecular weight is 254 g/mol. The lowest BCUT2D eigenvalue weighted by Crippen LogP contribution is -2.04. The summed E-state index contributed by atoms with van der Waals surface area (Å²) in [6.07, 6.45) is 5.29. The maximum Gasteiger partial charge on any atom is 0.154 e. The van der Waals surface area contributed by atoms with E-state index in [0.717, 1.165) is 22.4 Å².